The van der Waals surface area contributed by atoms with Crippen LogP contribution in [0.4, 0.5) is 4.39 Å². The van der Waals surface area contributed by atoms with E-state index in [4.69, 9.17) is 0 Å². The van der Waals surface area contributed by atoms with Gasteiger partial charge in [0.2, 0.25) is 0 Å². The van der Waals surface area contributed by atoms with E-state index < -0.39 is 5.82 Å². The molecule has 0 aliphatic heterocycles. The average molecular weight is 256 g/mol. The summed E-state index contributed by atoms with van der Waals surface area (Å²) in [7, 11) is 0. The van der Waals surface area contributed by atoms with E-state index in [-0.39, 0.29) is 13.2 Å². The Morgan fingerprint density at radius 3 is 2.21 bits per heavy atom. The summed E-state index contributed by atoms with van der Waals surface area (Å²) in [6, 6.07) is 11.3. The van der Waals surface area contributed by atoms with E-state index in [2.05, 4.69) is 11.8 Å². The van der Waals surface area contributed by atoms with Gasteiger partial charge >= 0.3 is 0 Å². The quantitative estimate of drug-likeness (QED) is 0.809. The van der Waals surface area contributed by atoms with Crippen molar-refractivity contribution in [2.45, 2.75) is 13.2 Å². The number of rotatable bonds is 2. The molecule has 2 rings (SSSR count). The first-order valence-electron chi connectivity index (χ1n) is 5.84. The molecule has 2 nitrogen and oxygen atoms in total. The van der Waals surface area contributed by atoms with Crippen molar-refractivity contribution in [3.8, 4) is 11.8 Å². The van der Waals surface area contributed by atoms with Crippen molar-refractivity contribution in [1.82, 2.24) is 0 Å². The average Bonchev–Trinajstić information content (AvgIpc) is 2.45. The third-order valence-electron chi connectivity index (χ3n) is 2.76. The largest absolute Gasteiger partial charge is 0.392 e. The minimum absolute atomic E-state index is 0.0964. The topological polar surface area (TPSA) is 40.5 Å². The van der Waals surface area contributed by atoms with Gasteiger partial charge in [0.25, 0.3) is 0 Å². The van der Waals surface area contributed by atoms with Gasteiger partial charge in [-0.05, 0) is 29.3 Å². The Hall–Kier alpha value is -2.15. The fourth-order valence-corrected chi connectivity index (χ4v) is 1.72. The summed E-state index contributed by atoms with van der Waals surface area (Å²) < 4.78 is 13.2. The number of hydrogen-bond acceptors (Lipinski definition) is 2. The van der Waals surface area contributed by atoms with Crippen molar-refractivity contribution in [1.29, 1.82) is 0 Å². The van der Waals surface area contributed by atoms with E-state index in [1.54, 1.807) is 12.1 Å². The summed E-state index contributed by atoms with van der Waals surface area (Å²) in [6.45, 7) is -0.285. The van der Waals surface area contributed by atoms with E-state index in [0.717, 1.165) is 5.56 Å². The van der Waals surface area contributed by atoms with Crippen LogP contribution in [0.25, 0.3) is 0 Å². The Morgan fingerprint density at radius 1 is 0.842 bits per heavy atom. The molecule has 0 spiro atoms. The Labute approximate surface area is 111 Å². The highest BCUT2D eigenvalue weighted by Gasteiger charge is 2.01. The van der Waals surface area contributed by atoms with Crippen molar-refractivity contribution in [2.75, 3.05) is 0 Å². The second kappa shape index (κ2) is 6.14. The lowest BCUT2D eigenvalue weighted by Crippen LogP contribution is -1.92. The van der Waals surface area contributed by atoms with Gasteiger partial charge in [0.15, 0.2) is 0 Å². The van der Waals surface area contributed by atoms with Crippen LogP contribution in [0.2, 0.25) is 0 Å². The van der Waals surface area contributed by atoms with Crippen LogP contribution in [0, 0.1) is 17.7 Å². The molecule has 0 aliphatic carbocycles. The van der Waals surface area contributed by atoms with Gasteiger partial charge in [0.05, 0.1) is 13.2 Å². The van der Waals surface area contributed by atoms with Crippen molar-refractivity contribution in [2.24, 2.45) is 0 Å². The van der Waals surface area contributed by atoms with Crippen LogP contribution in [-0.2, 0) is 13.2 Å². The second-order valence-electron chi connectivity index (χ2n) is 4.02. The normalized spacial score (nSPS) is 9.84. The molecule has 2 N–H and O–H groups in total. The summed E-state index contributed by atoms with van der Waals surface area (Å²) in [5.41, 5.74) is 2.45. The van der Waals surface area contributed by atoms with Crippen LogP contribution in [0.1, 0.15) is 22.3 Å². The molecule has 2 aromatic rings. The maximum atomic E-state index is 13.2. The minimum atomic E-state index is -0.392. The van der Waals surface area contributed by atoms with Gasteiger partial charge in [-0.1, -0.05) is 36.1 Å². The summed E-state index contributed by atoms with van der Waals surface area (Å²) >= 11 is 0. The van der Waals surface area contributed by atoms with Crippen LogP contribution >= 0.6 is 0 Å². The van der Waals surface area contributed by atoms with E-state index in [1.165, 1.54) is 18.2 Å². The van der Waals surface area contributed by atoms with E-state index in [9.17, 15) is 14.6 Å². The molecule has 3 heteroatoms. The highest BCUT2D eigenvalue weighted by Crippen LogP contribution is 2.12. The fourth-order valence-electron chi connectivity index (χ4n) is 1.72. The Bertz CT molecular complexity index is 639. The summed E-state index contributed by atoms with van der Waals surface area (Å²) in [6.07, 6.45) is 0. The molecule has 0 saturated heterocycles. The first-order valence-corrected chi connectivity index (χ1v) is 5.84. The molecule has 0 bridgehead atoms. The third kappa shape index (κ3) is 3.19. The number of hydrogen-bond donors (Lipinski definition) is 2. The lowest BCUT2D eigenvalue weighted by atomic mass is 10.1. The molecule has 0 unspecified atom stereocenters. The highest BCUT2D eigenvalue weighted by molar-refractivity contribution is 5.48. The summed E-state index contributed by atoms with van der Waals surface area (Å²) in [4.78, 5) is 0. The van der Waals surface area contributed by atoms with Gasteiger partial charge < -0.3 is 10.2 Å². The van der Waals surface area contributed by atoms with Crippen LogP contribution in [0.3, 0.4) is 0 Å². The zero-order valence-electron chi connectivity index (χ0n) is 10.2. The monoisotopic (exact) mass is 256 g/mol. The Balaban J connectivity index is 2.41. The van der Waals surface area contributed by atoms with Crippen molar-refractivity contribution in [3.05, 3.63) is 70.5 Å². The number of halogens is 1. The number of benzene rings is 2. The molecule has 96 valence electrons. The first kappa shape index (κ1) is 13.3. The molecular formula is C16H13FO2. The summed E-state index contributed by atoms with van der Waals surface area (Å²) in [5, 5.41) is 18.4. The molecule has 19 heavy (non-hydrogen) atoms. The Morgan fingerprint density at radius 2 is 1.47 bits per heavy atom. The van der Waals surface area contributed by atoms with Gasteiger partial charge in [0, 0.05) is 11.1 Å². The minimum Gasteiger partial charge on any atom is -0.392 e. The molecule has 0 aliphatic rings. The fraction of sp³-hybridized carbons (Fsp3) is 0.125. The van der Waals surface area contributed by atoms with E-state index in [0.29, 0.717) is 16.7 Å². The van der Waals surface area contributed by atoms with Crippen molar-refractivity contribution < 1.29 is 14.6 Å². The van der Waals surface area contributed by atoms with E-state index >= 15 is 0 Å². The third-order valence-corrected chi connectivity index (χ3v) is 2.76. The van der Waals surface area contributed by atoms with Gasteiger partial charge in [-0.2, -0.15) is 0 Å². The van der Waals surface area contributed by atoms with Crippen LogP contribution in [0.15, 0.2) is 42.5 Å². The molecule has 0 aromatic heterocycles. The van der Waals surface area contributed by atoms with Crippen molar-refractivity contribution >= 4 is 0 Å². The van der Waals surface area contributed by atoms with Crippen molar-refractivity contribution in [3.63, 3.8) is 0 Å². The number of aliphatic hydroxyl groups excluding tert-OH is 2. The molecule has 0 heterocycles. The molecule has 0 amide bonds. The predicted octanol–water partition coefficient (Wildman–Crippen LogP) is 2.21. The predicted molar refractivity (Wildman–Crippen MR) is 70.7 cm³/mol. The summed E-state index contributed by atoms with van der Waals surface area (Å²) in [5.74, 6) is 5.34. The van der Waals surface area contributed by atoms with Gasteiger partial charge in [-0.25, -0.2) is 4.39 Å². The van der Waals surface area contributed by atoms with E-state index in [1.807, 2.05) is 12.1 Å². The lowest BCUT2D eigenvalue weighted by molar-refractivity contribution is 0.281. The maximum Gasteiger partial charge on any atom is 0.124 e. The molecule has 0 radical (unpaired) electrons. The second-order valence-corrected chi connectivity index (χ2v) is 4.02. The van der Waals surface area contributed by atoms with Gasteiger partial charge in [-0.3, -0.25) is 0 Å². The number of aliphatic hydroxyl groups is 2. The van der Waals surface area contributed by atoms with Gasteiger partial charge in [0.1, 0.15) is 5.82 Å². The smallest absolute Gasteiger partial charge is 0.124 e. The molecular weight excluding hydrogens is 243 g/mol. The Kier molecular flexibility index (Phi) is 4.30. The highest BCUT2D eigenvalue weighted by atomic mass is 19.1. The first-order chi connectivity index (χ1) is 9.24. The van der Waals surface area contributed by atoms with Gasteiger partial charge in [-0.15, -0.1) is 0 Å². The lowest BCUT2D eigenvalue weighted by Gasteiger charge is -2.01. The SMILES string of the molecule is OCc1ccccc1C#Cc1cc(F)ccc1CO. The molecule has 0 atom stereocenters. The molecule has 0 fully saturated rings. The zero-order valence-corrected chi connectivity index (χ0v) is 10.2. The van der Waals surface area contributed by atoms with Crippen LogP contribution in [0.5, 0.6) is 0 Å². The van der Waals surface area contributed by atoms with Crippen LogP contribution < -0.4 is 0 Å². The van der Waals surface area contributed by atoms with Crippen LogP contribution in [-0.4, -0.2) is 10.2 Å². The zero-order chi connectivity index (χ0) is 13.7. The molecule has 2 aromatic carbocycles. The maximum absolute atomic E-state index is 13.2. The molecule has 0 saturated carbocycles. The standard InChI is InChI=1S/C16H13FO2/c17-16-8-7-15(11-19)13(9-16)6-5-12-3-1-2-4-14(12)10-18/h1-4,7-9,18-19H,10-11H2.